The van der Waals surface area contributed by atoms with Gasteiger partial charge < -0.3 is 18.6 Å². The molecule has 0 radical (unpaired) electrons. The zero-order valence-electron chi connectivity index (χ0n) is 34.2. The maximum atomic E-state index is 14.6. The van der Waals surface area contributed by atoms with Gasteiger partial charge in [-0.05, 0) is 111 Å². The number of hydrogen-bond acceptors (Lipinski definition) is 10. The Kier molecular flexibility index (Phi) is 11.5. The van der Waals surface area contributed by atoms with Gasteiger partial charge in [-0.1, -0.05) is 31.9 Å². The van der Waals surface area contributed by atoms with Gasteiger partial charge in [0.05, 0.1) is 38.3 Å². The van der Waals surface area contributed by atoms with Crippen molar-refractivity contribution < 1.29 is 18.3 Å². The average molecular weight is 967 g/mol. The van der Waals surface area contributed by atoms with Crippen LogP contribution in [0.3, 0.4) is 0 Å². The standard InChI is InChI=1S/2C22H20BrFN6O/c2*1-13-11-29(12-25-13)19-8-7-18(26-22(19)31-2)20-27-21-15(4-3-9-30(21)28-20)16-10-14(23)5-6-17(16)24/h2*5-8,10-12,15H,3-4,9H2,1-2H3/t2*15-/m10/s1. The Bertz CT molecular complexity index is 2730. The summed E-state index contributed by atoms with van der Waals surface area (Å²) in [6, 6.07) is 17.6. The molecular weight excluding hydrogens is 926 g/mol. The van der Waals surface area contributed by atoms with Crippen molar-refractivity contribution in [3.05, 3.63) is 140 Å². The smallest absolute Gasteiger partial charge is 0.238 e. The van der Waals surface area contributed by atoms with Gasteiger partial charge in [0.1, 0.15) is 46.0 Å². The molecule has 2 aliphatic heterocycles. The number of benzene rings is 2. The van der Waals surface area contributed by atoms with Gasteiger partial charge >= 0.3 is 0 Å². The molecule has 62 heavy (non-hydrogen) atoms. The van der Waals surface area contributed by atoms with Crippen LogP contribution in [0.2, 0.25) is 0 Å². The molecule has 0 amide bonds. The van der Waals surface area contributed by atoms with Crippen molar-refractivity contribution in [1.82, 2.24) is 58.6 Å². The van der Waals surface area contributed by atoms with E-state index in [-0.39, 0.29) is 23.5 Å². The Morgan fingerprint density at radius 1 is 0.597 bits per heavy atom. The van der Waals surface area contributed by atoms with Crippen LogP contribution in [0.1, 0.15) is 71.7 Å². The molecule has 0 N–H and O–H groups in total. The second-order valence-electron chi connectivity index (χ2n) is 15.0. The van der Waals surface area contributed by atoms with Crippen LogP contribution in [0.5, 0.6) is 11.8 Å². The van der Waals surface area contributed by atoms with E-state index in [2.05, 4.69) is 62.0 Å². The average Bonchev–Trinajstić information content (AvgIpc) is 4.12. The Morgan fingerprint density at radius 3 is 1.42 bits per heavy atom. The van der Waals surface area contributed by atoms with Crippen molar-refractivity contribution in [2.45, 2.75) is 64.5 Å². The molecule has 0 spiro atoms. The van der Waals surface area contributed by atoms with Gasteiger partial charge in [-0.2, -0.15) is 0 Å². The lowest BCUT2D eigenvalue weighted by Crippen LogP contribution is -2.18. The summed E-state index contributed by atoms with van der Waals surface area (Å²) in [6.45, 7) is 5.35. The van der Waals surface area contributed by atoms with E-state index in [0.29, 0.717) is 45.9 Å². The van der Waals surface area contributed by atoms with E-state index in [1.807, 2.05) is 81.1 Å². The van der Waals surface area contributed by atoms with E-state index in [4.69, 9.17) is 19.4 Å². The molecule has 14 nitrogen and oxygen atoms in total. The van der Waals surface area contributed by atoms with E-state index < -0.39 is 0 Å². The van der Waals surface area contributed by atoms with E-state index >= 15 is 0 Å². The van der Waals surface area contributed by atoms with Gasteiger partial charge in [-0.25, -0.2) is 48.0 Å². The molecule has 0 bridgehead atoms. The monoisotopic (exact) mass is 964 g/mol. The molecule has 316 valence electrons. The van der Waals surface area contributed by atoms with Gasteiger partial charge in [-0.15, -0.1) is 10.2 Å². The SMILES string of the molecule is COc1nc(-c2nc3n(n2)CCC[C@@H]3c2cc(Br)ccc2F)ccc1-n1cnc(C)c1.COc1nc(-c2nc3n(n2)CCC[C@H]3c2cc(Br)ccc2F)ccc1-n1cnc(C)c1. The molecule has 0 unspecified atom stereocenters. The summed E-state index contributed by atoms with van der Waals surface area (Å²) in [5, 5.41) is 9.33. The van der Waals surface area contributed by atoms with Crippen LogP contribution in [-0.2, 0) is 13.1 Å². The fraction of sp³-hybridized carbons (Fsp3) is 0.273. The highest BCUT2D eigenvalue weighted by Gasteiger charge is 2.30. The maximum absolute atomic E-state index is 14.6. The number of halogens is 4. The minimum absolute atomic E-state index is 0.150. The number of hydrogen-bond donors (Lipinski definition) is 0. The molecule has 2 aromatic carbocycles. The van der Waals surface area contributed by atoms with Crippen LogP contribution in [0.4, 0.5) is 8.78 Å². The van der Waals surface area contributed by atoms with Crippen LogP contribution in [0.15, 0.2) is 94.7 Å². The molecule has 0 aliphatic carbocycles. The normalized spacial score (nSPS) is 15.7. The van der Waals surface area contributed by atoms with Crippen molar-refractivity contribution in [1.29, 1.82) is 0 Å². The number of imidazole rings is 2. The number of ether oxygens (including phenoxy) is 2. The summed E-state index contributed by atoms with van der Waals surface area (Å²) in [5.74, 6) is 2.67. The molecule has 0 saturated carbocycles. The predicted molar refractivity (Wildman–Crippen MR) is 234 cm³/mol. The topological polar surface area (TPSA) is 141 Å². The van der Waals surface area contributed by atoms with E-state index in [1.54, 1.807) is 39.0 Å². The second-order valence-corrected chi connectivity index (χ2v) is 16.9. The third kappa shape index (κ3) is 8.15. The molecule has 10 rings (SSSR count). The first kappa shape index (κ1) is 41.2. The van der Waals surface area contributed by atoms with Gasteiger partial charge in [0.2, 0.25) is 11.8 Å². The van der Waals surface area contributed by atoms with Gasteiger partial charge in [0.25, 0.3) is 0 Å². The first-order valence-corrected chi connectivity index (χ1v) is 21.6. The molecular formula is C44H40Br2F2N12O2. The third-order valence-electron chi connectivity index (χ3n) is 10.9. The van der Waals surface area contributed by atoms with Crippen LogP contribution in [0.25, 0.3) is 34.4 Å². The highest BCUT2D eigenvalue weighted by Crippen LogP contribution is 2.38. The number of methoxy groups -OCH3 is 2. The molecule has 6 aromatic heterocycles. The first-order valence-electron chi connectivity index (χ1n) is 20.0. The van der Waals surface area contributed by atoms with E-state index in [1.165, 1.54) is 12.1 Å². The van der Waals surface area contributed by atoms with Crippen molar-refractivity contribution in [3.63, 3.8) is 0 Å². The molecule has 18 heteroatoms. The van der Waals surface area contributed by atoms with Gasteiger partial charge in [-0.3, -0.25) is 0 Å². The molecule has 2 atom stereocenters. The summed E-state index contributed by atoms with van der Waals surface area (Å²) in [4.78, 5) is 27.3. The van der Waals surface area contributed by atoms with E-state index in [9.17, 15) is 8.78 Å². The Hall–Kier alpha value is -6.14. The second kappa shape index (κ2) is 17.3. The van der Waals surface area contributed by atoms with Crippen molar-refractivity contribution in [2.24, 2.45) is 0 Å². The van der Waals surface area contributed by atoms with Gasteiger partial charge in [0, 0.05) is 46.3 Å². The van der Waals surface area contributed by atoms with Crippen LogP contribution in [-0.4, -0.2) is 72.8 Å². The number of aryl methyl sites for hydroxylation is 4. The van der Waals surface area contributed by atoms with Crippen molar-refractivity contribution in [3.8, 4) is 46.2 Å². The highest BCUT2D eigenvalue weighted by molar-refractivity contribution is 9.10. The third-order valence-corrected chi connectivity index (χ3v) is 11.9. The van der Waals surface area contributed by atoms with Crippen molar-refractivity contribution in [2.75, 3.05) is 14.2 Å². The molecule has 0 saturated heterocycles. The van der Waals surface area contributed by atoms with E-state index in [0.717, 1.165) is 82.1 Å². The fourth-order valence-corrected chi connectivity index (χ4v) is 8.74. The largest absolute Gasteiger partial charge is 0.479 e. The summed E-state index contributed by atoms with van der Waals surface area (Å²) in [7, 11) is 3.16. The molecule has 2 aliphatic rings. The zero-order valence-corrected chi connectivity index (χ0v) is 37.3. The van der Waals surface area contributed by atoms with Crippen LogP contribution >= 0.6 is 31.9 Å². The summed E-state index contributed by atoms with van der Waals surface area (Å²) in [5.41, 5.74) is 5.84. The Labute approximate surface area is 372 Å². The molecule has 8 aromatic rings. The number of aromatic nitrogens is 12. The molecule has 0 fully saturated rings. The Balaban J connectivity index is 0.000000158. The first-order chi connectivity index (χ1) is 30.1. The quantitative estimate of drug-likeness (QED) is 0.145. The van der Waals surface area contributed by atoms with Gasteiger partial charge in [0.15, 0.2) is 11.6 Å². The van der Waals surface area contributed by atoms with Crippen LogP contribution in [0, 0.1) is 25.5 Å². The number of rotatable bonds is 8. The number of nitrogens with zero attached hydrogens (tertiary/aromatic N) is 12. The molecule has 8 heterocycles. The lowest BCUT2D eigenvalue weighted by atomic mass is 9.91. The number of fused-ring (bicyclic) bond motifs is 2. The lowest BCUT2D eigenvalue weighted by molar-refractivity contribution is 0.396. The maximum Gasteiger partial charge on any atom is 0.238 e. The Morgan fingerprint density at radius 2 is 1.03 bits per heavy atom. The summed E-state index contributed by atoms with van der Waals surface area (Å²) in [6.07, 6.45) is 10.7. The fourth-order valence-electron chi connectivity index (χ4n) is 7.99. The minimum atomic E-state index is -0.231. The summed E-state index contributed by atoms with van der Waals surface area (Å²) < 4.78 is 49.3. The van der Waals surface area contributed by atoms with Crippen LogP contribution < -0.4 is 9.47 Å². The zero-order chi connectivity index (χ0) is 43.1. The highest BCUT2D eigenvalue weighted by atomic mass is 79.9. The summed E-state index contributed by atoms with van der Waals surface area (Å²) >= 11 is 6.90. The van der Waals surface area contributed by atoms with Crippen molar-refractivity contribution >= 4 is 31.9 Å². The number of pyridine rings is 2. The predicted octanol–water partition coefficient (Wildman–Crippen LogP) is 9.34. The lowest BCUT2D eigenvalue weighted by Gasteiger charge is -2.22. The minimum Gasteiger partial charge on any atom is -0.479 e.